The van der Waals surface area contributed by atoms with Gasteiger partial charge in [-0.2, -0.15) is 0 Å². The number of thiophene rings is 1. The first-order chi connectivity index (χ1) is 25.5. The minimum absolute atomic E-state index is 0.0172. The fourth-order valence-electron chi connectivity index (χ4n) is 4.40. The van der Waals surface area contributed by atoms with Crippen molar-refractivity contribution in [2.24, 2.45) is 0 Å². The van der Waals surface area contributed by atoms with Crippen molar-refractivity contribution < 1.29 is 26.3 Å². The Bertz CT molecular complexity index is 3000. The number of benzene rings is 5. The monoisotopic (exact) mass is 520 g/mol. The van der Waals surface area contributed by atoms with Gasteiger partial charge in [-0.1, -0.05) is 90.7 Å². The maximum Gasteiger partial charge on any atom is 0.143 e. The summed E-state index contributed by atoms with van der Waals surface area (Å²) in [6.45, 7) is 0. The van der Waals surface area contributed by atoms with Crippen molar-refractivity contribution in [2.75, 3.05) is 0 Å². The van der Waals surface area contributed by atoms with Crippen LogP contribution in [0.25, 0.3) is 75.8 Å². The molecule has 0 spiro atoms. The summed E-state index contributed by atoms with van der Waals surface area (Å²) in [6, 6.07) is -4.15. The number of hydrogen-bond donors (Lipinski definition) is 0. The predicted octanol–water partition coefficient (Wildman–Crippen LogP) is 9.74. The van der Waals surface area contributed by atoms with E-state index < -0.39 is 102 Å². The summed E-state index contributed by atoms with van der Waals surface area (Å²) in [5.41, 5.74) is -1.10. The molecular weight excluding hydrogens is 484 g/mol. The molecule has 0 saturated carbocycles. The normalized spacial score (nSPS) is 17.6. The third-order valence-electron chi connectivity index (χ3n) is 6.09. The fraction of sp³-hybridized carbons (Fsp3) is 0. The molecule has 3 aromatic heterocycles. The molecule has 0 N–H and O–H groups in total. The molecule has 0 amide bonds. The molecule has 0 saturated heterocycles. The van der Waals surface area contributed by atoms with E-state index in [1.807, 2.05) is 0 Å². The van der Waals surface area contributed by atoms with Crippen LogP contribution in [0.2, 0.25) is 0 Å². The summed E-state index contributed by atoms with van der Waals surface area (Å²) >= 11 is 1.17. The molecule has 3 heterocycles. The summed E-state index contributed by atoms with van der Waals surface area (Å²) in [4.78, 5) is 8.82. The molecule has 38 heavy (non-hydrogen) atoms. The lowest BCUT2D eigenvalue weighted by Gasteiger charge is -2.07. The highest BCUT2D eigenvalue weighted by molar-refractivity contribution is 7.26. The number of aromatic nitrogens is 2. The molecule has 0 fully saturated rings. The number of fused-ring (bicyclic) bond motifs is 6. The molecule has 3 nitrogen and oxygen atoms in total. The molecule has 4 heteroatoms. The summed E-state index contributed by atoms with van der Waals surface area (Å²) in [5, 5.41) is 0.0494. The van der Waals surface area contributed by atoms with Crippen LogP contribution >= 0.6 is 11.3 Å². The predicted molar refractivity (Wildman–Crippen MR) is 159 cm³/mol. The van der Waals surface area contributed by atoms with Gasteiger partial charge in [0.2, 0.25) is 0 Å². The van der Waals surface area contributed by atoms with Crippen LogP contribution in [0.3, 0.4) is 0 Å². The molecule has 0 aliphatic carbocycles. The van der Waals surface area contributed by atoms with Crippen LogP contribution in [-0.4, -0.2) is 9.97 Å². The summed E-state index contributed by atoms with van der Waals surface area (Å²) in [5.74, 6) is 0. The zero-order valence-electron chi connectivity index (χ0n) is 35.0. The topological polar surface area (TPSA) is 38.9 Å². The van der Waals surface area contributed by atoms with Gasteiger partial charge in [-0.05, 0) is 40.9 Å². The highest BCUT2D eigenvalue weighted by Crippen LogP contribution is 2.41. The van der Waals surface area contributed by atoms with Crippen molar-refractivity contribution in [1.82, 2.24) is 9.97 Å². The lowest BCUT2D eigenvalue weighted by molar-refractivity contribution is 0.670. The standard InChI is InChI=1S/C34H20N2OS/c1-2-8-21(9-3-1)22-16-17-30-28(19-22)32-34(38-30)31(35-20-36-32)24-11-6-10-23(18-24)25-13-7-14-27-26-12-4-5-15-29(26)37-33(25)27/h1-20H/i1D,2D,3D,4D,5D,6D,7D,8D,9D,10D,11D,12D,13D,14D,15D,18D. The van der Waals surface area contributed by atoms with Gasteiger partial charge in [0.15, 0.2) is 0 Å². The minimum Gasteiger partial charge on any atom is -0.455 e. The molecule has 8 aromatic rings. The first kappa shape index (κ1) is 10.9. The van der Waals surface area contributed by atoms with Crippen molar-refractivity contribution in [3.8, 4) is 33.5 Å². The van der Waals surface area contributed by atoms with Crippen LogP contribution in [0.15, 0.2) is 126 Å². The van der Waals surface area contributed by atoms with Gasteiger partial charge >= 0.3 is 0 Å². The number of rotatable bonds is 3. The number of furan rings is 1. The number of nitrogens with zero attached hydrogens (tertiary/aromatic N) is 2. The highest BCUT2D eigenvalue weighted by atomic mass is 32.1. The zero-order chi connectivity index (χ0) is 39.0. The third-order valence-corrected chi connectivity index (χ3v) is 7.25. The highest BCUT2D eigenvalue weighted by Gasteiger charge is 2.16. The van der Waals surface area contributed by atoms with Crippen LogP contribution in [0.1, 0.15) is 21.9 Å². The Morgan fingerprint density at radius 1 is 0.658 bits per heavy atom. The third kappa shape index (κ3) is 3.28. The Balaban J connectivity index is 1.43. The van der Waals surface area contributed by atoms with E-state index in [4.69, 9.17) is 25.0 Å². The number of para-hydroxylation sites is 2. The second-order valence-electron chi connectivity index (χ2n) is 8.22. The lowest BCUT2D eigenvalue weighted by Crippen LogP contribution is -1.87. The van der Waals surface area contributed by atoms with E-state index in [1.54, 1.807) is 18.2 Å². The molecule has 0 atom stereocenters. The lowest BCUT2D eigenvalue weighted by atomic mass is 9.99. The van der Waals surface area contributed by atoms with Gasteiger partial charge in [0.05, 0.1) is 37.8 Å². The smallest absolute Gasteiger partial charge is 0.143 e. The molecule has 178 valence electrons. The van der Waals surface area contributed by atoms with Crippen molar-refractivity contribution in [3.63, 3.8) is 0 Å². The molecule has 8 rings (SSSR count). The quantitative estimate of drug-likeness (QED) is 0.233. The molecule has 0 aliphatic rings. The SMILES string of the molecule is [2H]c1c([2H])c([2H])c(-c2ccc3sc4c(-c5c([2H])c([2H])c([2H])c(-c6c([2H])c([2H])c([2H])c7c6oc6c([2H])c([2H])c([2H])c([2H])c67)c5[2H])ncnc4c3c2)c([2H])c1[2H]. The van der Waals surface area contributed by atoms with E-state index in [2.05, 4.69) is 9.97 Å². The molecule has 0 bridgehead atoms. The first-order valence-electron chi connectivity index (χ1n) is 19.3. The first-order valence-corrected chi connectivity index (χ1v) is 12.1. The van der Waals surface area contributed by atoms with Crippen LogP contribution in [0.4, 0.5) is 0 Å². The average Bonchev–Trinajstić information content (AvgIpc) is 3.74. The molecule has 0 aliphatic heterocycles. The molecule has 0 unspecified atom stereocenters. The van der Waals surface area contributed by atoms with Gasteiger partial charge in [0.25, 0.3) is 0 Å². The van der Waals surface area contributed by atoms with Crippen LogP contribution in [-0.2, 0) is 0 Å². The zero-order valence-corrected chi connectivity index (χ0v) is 19.8. The maximum absolute atomic E-state index is 9.41. The van der Waals surface area contributed by atoms with Crippen LogP contribution in [0, 0.1) is 0 Å². The Kier molecular flexibility index (Phi) is 2.40. The van der Waals surface area contributed by atoms with Gasteiger partial charge in [-0.15, -0.1) is 11.3 Å². The van der Waals surface area contributed by atoms with E-state index in [0.717, 1.165) is 0 Å². The van der Waals surface area contributed by atoms with Crippen molar-refractivity contribution >= 4 is 53.6 Å². The van der Waals surface area contributed by atoms with Gasteiger partial charge in [0, 0.05) is 32.0 Å². The van der Waals surface area contributed by atoms with Crippen molar-refractivity contribution in [1.29, 1.82) is 0 Å². The van der Waals surface area contributed by atoms with Crippen LogP contribution in [0.5, 0.6) is 0 Å². The van der Waals surface area contributed by atoms with Gasteiger partial charge in [0.1, 0.15) is 17.5 Å². The van der Waals surface area contributed by atoms with Gasteiger partial charge in [-0.3, -0.25) is 0 Å². The maximum atomic E-state index is 9.41. The molecule has 5 aromatic carbocycles. The summed E-state index contributed by atoms with van der Waals surface area (Å²) in [6.07, 6.45) is 1.17. The summed E-state index contributed by atoms with van der Waals surface area (Å²) < 4.78 is 143. The van der Waals surface area contributed by atoms with Gasteiger partial charge < -0.3 is 4.42 Å². The minimum atomic E-state index is -0.682. The Labute approximate surface area is 245 Å². The van der Waals surface area contributed by atoms with E-state index in [-0.39, 0.29) is 44.3 Å². The molecule has 0 radical (unpaired) electrons. The number of hydrogen-bond acceptors (Lipinski definition) is 4. The fourth-order valence-corrected chi connectivity index (χ4v) is 5.53. The average molecular weight is 521 g/mol. The summed E-state index contributed by atoms with van der Waals surface area (Å²) in [7, 11) is 0. The van der Waals surface area contributed by atoms with Crippen LogP contribution < -0.4 is 0 Å². The molecular formula is C34H20N2OS. The van der Waals surface area contributed by atoms with Crippen molar-refractivity contribution in [2.45, 2.75) is 0 Å². The Morgan fingerprint density at radius 3 is 2.39 bits per heavy atom. The van der Waals surface area contributed by atoms with E-state index in [1.165, 1.54) is 17.7 Å². The van der Waals surface area contributed by atoms with E-state index >= 15 is 0 Å². The second-order valence-corrected chi connectivity index (χ2v) is 9.28. The van der Waals surface area contributed by atoms with Gasteiger partial charge in [-0.25, -0.2) is 9.97 Å². The second kappa shape index (κ2) is 8.37. The van der Waals surface area contributed by atoms with E-state index in [0.29, 0.717) is 25.9 Å². The van der Waals surface area contributed by atoms with E-state index in [9.17, 15) is 1.37 Å². The Morgan fingerprint density at radius 2 is 1.45 bits per heavy atom. The Hall–Kier alpha value is -4.80. The largest absolute Gasteiger partial charge is 0.455 e. The van der Waals surface area contributed by atoms with Crippen molar-refractivity contribution in [3.05, 3.63) is 121 Å².